The number of carbonyl (C=O) groups is 3. The number of Topliss-reactive ketones (excluding diaryl/α,β-unsaturated/α-hetero) is 1. The lowest BCUT2D eigenvalue weighted by Crippen LogP contribution is -2.49. The molecule has 0 radical (unpaired) electrons. The molecule has 0 spiro atoms. The number of nitrogens with one attached hydrogen (secondary N) is 1. The minimum atomic E-state index is -2.06. The number of hydrogen-bond donors (Lipinski definition) is 4. The van der Waals surface area contributed by atoms with Gasteiger partial charge in [-0.1, -0.05) is 39.0 Å². The van der Waals surface area contributed by atoms with Crippen LogP contribution in [0.25, 0.3) is 33.0 Å². The average molecular weight is 886 g/mol. The fourth-order valence-corrected chi connectivity index (χ4v) is 8.27. The summed E-state index contributed by atoms with van der Waals surface area (Å²) in [5, 5.41) is 37.2. The number of ketones is 1. The van der Waals surface area contributed by atoms with E-state index in [0.29, 0.717) is 24.3 Å². The summed E-state index contributed by atoms with van der Waals surface area (Å²) in [6, 6.07) is 5.04. The van der Waals surface area contributed by atoms with Gasteiger partial charge in [0.15, 0.2) is 22.3 Å². The van der Waals surface area contributed by atoms with Crippen LogP contribution in [0.3, 0.4) is 0 Å². The number of methoxy groups -OCH3 is 1. The van der Waals surface area contributed by atoms with Crippen molar-refractivity contribution in [2.45, 2.75) is 97.9 Å². The molecule has 344 valence electrons. The number of amides is 1. The van der Waals surface area contributed by atoms with E-state index in [4.69, 9.17) is 33.1 Å². The number of ether oxygens (including phenoxy) is 5. The first-order valence-corrected chi connectivity index (χ1v) is 21.5. The Labute approximate surface area is 371 Å². The molecular weight excluding hydrogens is 827 g/mol. The zero-order valence-corrected chi connectivity index (χ0v) is 38.0. The van der Waals surface area contributed by atoms with Crippen LogP contribution in [0.1, 0.15) is 76.7 Å². The number of aromatic hydroxyl groups is 1. The molecule has 4 N–H and O–H groups in total. The van der Waals surface area contributed by atoms with Crippen LogP contribution in [0.2, 0.25) is 0 Å². The number of nitrogens with zero attached hydrogens (tertiary/aromatic N) is 2. The van der Waals surface area contributed by atoms with Gasteiger partial charge in [-0.3, -0.25) is 19.2 Å². The fourth-order valence-electron chi connectivity index (χ4n) is 8.27. The number of anilines is 1. The molecule has 4 aromatic rings. The molecule has 1 aromatic heterocycles. The van der Waals surface area contributed by atoms with Crippen LogP contribution >= 0.6 is 0 Å². The quantitative estimate of drug-likeness (QED) is 0.0490. The van der Waals surface area contributed by atoms with E-state index in [1.165, 1.54) is 40.2 Å². The van der Waals surface area contributed by atoms with Crippen molar-refractivity contribution in [1.82, 2.24) is 9.88 Å². The van der Waals surface area contributed by atoms with E-state index in [-0.39, 0.29) is 61.5 Å². The summed E-state index contributed by atoms with van der Waals surface area (Å²) >= 11 is 0. The van der Waals surface area contributed by atoms with Crippen LogP contribution in [0, 0.1) is 24.7 Å². The van der Waals surface area contributed by atoms with Crippen LogP contribution in [0.4, 0.5) is 5.69 Å². The van der Waals surface area contributed by atoms with Crippen molar-refractivity contribution in [3.05, 3.63) is 75.7 Å². The minimum Gasteiger partial charge on any atom is -0.505 e. The van der Waals surface area contributed by atoms with Crippen molar-refractivity contribution in [2.75, 3.05) is 39.7 Å². The van der Waals surface area contributed by atoms with E-state index in [1.807, 2.05) is 27.1 Å². The van der Waals surface area contributed by atoms with Gasteiger partial charge in [0.1, 0.15) is 40.4 Å². The van der Waals surface area contributed by atoms with E-state index in [1.54, 1.807) is 51.1 Å². The van der Waals surface area contributed by atoms with Gasteiger partial charge in [0.05, 0.1) is 36.0 Å². The van der Waals surface area contributed by atoms with Gasteiger partial charge in [0.25, 0.3) is 11.7 Å². The van der Waals surface area contributed by atoms with Gasteiger partial charge in [0, 0.05) is 49.5 Å². The van der Waals surface area contributed by atoms with Crippen molar-refractivity contribution in [1.29, 1.82) is 0 Å². The van der Waals surface area contributed by atoms with E-state index in [9.17, 15) is 34.5 Å². The third kappa shape index (κ3) is 9.65. The summed E-state index contributed by atoms with van der Waals surface area (Å²) in [6.45, 7) is 12.3. The topological polar surface area (TPSA) is 216 Å². The maximum atomic E-state index is 14.7. The maximum absolute atomic E-state index is 14.7. The molecule has 4 bridgehead atoms. The Morgan fingerprint density at radius 2 is 1.78 bits per heavy atom. The molecule has 16 heteroatoms. The monoisotopic (exact) mass is 885 g/mol. The molecule has 1 amide bonds. The van der Waals surface area contributed by atoms with Gasteiger partial charge in [-0.05, 0) is 83.8 Å². The second-order valence-corrected chi connectivity index (χ2v) is 17.3. The number of unbranched alkanes of at least 4 members (excludes halogenated alkanes) is 1. The van der Waals surface area contributed by atoms with Crippen molar-refractivity contribution in [3.63, 3.8) is 0 Å². The normalized spacial score (nSPS) is 27.6. The number of aliphatic hydroxyl groups is 2. The van der Waals surface area contributed by atoms with Crippen molar-refractivity contribution >= 4 is 56.3 Å². The Kier molecular flexibility index (Phi) is 14.5. The number of phenols is 1. The molecule has 16 nitrogen and oxygen atoms in total. The number of rotatable bonds is 8. The number of carbonyl (C=O) groups excluding carboxylic acids is 3. The van der Waals surface area contributed by atoms with E-state index >= 15 is 0 Å². The summed E-state index contributed by atoms with van der Waals surface area (Å²) in [7, 11) is 5.41. The Morgan fingerprint density at radius 3 is 2.47 bits per heavy atom. The lowest BCUT2D eigenvalue weighted by Gasteiger charge is -2.35. The van der Waals surface area contributed by atoms with Gasteiger partial charge < -0.3 is 53.6 Å². The number of aliphatic hydroxyl groups excluding tert-OH is 2. The number of allylic oxidation sites excluding steroid dienone is 3. The first-order valence-electron chi connectivity index (χ1n) is 21.5. The first kappa shape index (κ1) is 47.7. The number of esters is 1. The molecule has 0 fully saturated rings. The fraction of sp³-hybridized carbons (Fsp3) is 0.479. The molecule has 8 atom stereocenters. The summed E-state index contributed by atoms with van der Waals surface area (Å²) in [4.78, 5) is 62.2. The van der Waals surface area contributed by atoms with Gasteiger partial charge in [0.2, 0.25) is 0 Å². The third-order valence-corrected chi connectivity index (χ3v) is 11.9. The number of hydrogen-bond acceptors (Lipinski definition) is 15. The Balaban J connectivity index is 1.54. The van der Waals surface area contributed by atoms with Crippen LogP contribution < -0.4 is 20.2 Å². The Morgan fingerprint density at radius 1 is 1.05 bits per heavy atom. The second-order valence-electron chi connectivity index (χ2n) is 17.3. The van der Waals surface area contributed by atoms with Gasteiger partial charge in [-0.25, -0.2) is 4.98 Å². The number of fused-ring (bicyclic) bond motifs is 2. The standard InChI is InChI=1S/C48H59N3O13/c1-24-14-13-15-25(2)47(58)50-38-41(55)35-34(37-45(38)63-33-23-30(16-17-31(33)49-37)60-20-12-11-19-51(8)9)36-43(28(5)40(35)54)64-48(7,46(36)57)61-21-18-32(59-10)27(4)44(62-29(6)52)42(56)39(53)26(3)22-24/h13-18,21,23-24,26-27,32,39,42,44,53,55-56H,11-12,19-20,22H2,1-10H3,(H,50,58)/b14-13+,21-18+,25-15-/t24-,26+,27+,32-,39+,42+,44+,48-/m0/s1. The van der Waals surface area contributed by atoms with Crippen LogP contribution in [-0.4, -0.2) is 107 Å². The molecule has 6 rings (SSSR count). The summed E-state index contributed by atoms with van der Waals surface area (Å²) in [5.41, 5.74) is -0.404. The summed E-state index contributed by atoms with van der Waals surface area (Å²) < 4.78 is 36.0. The molecule has 0 saturated carbocycles. The van der Waals surface area contributed by atoms with Crippen molar-refractivity contribution < 1.29 is 57.8 Å². The largest absolute Gasteiger partial charge is 0.505 e. The first-order chi connectivity index (χ1) is 30.3. The molecule has 3 aromatic carbocycles. The zero-order chi connectivity index (χ0) is 46.8. The molecular formula is C48H59N3O13. The summed E-state index contributed by atoms with van der Waals surface area (Å²) in [6.07, 6.45) is 4.92. The number of phenolic OH excluding ortho intramolecular Hbond substituents is 1. The molecule has 64 heavy (non-hydrogen) atoms. The molecule has 2 aliphatic heterocycles. The van der Waals surface area contributed by atoms with Crippen LogP contribution in [0.15, 0.2) is 63.6 Å². The highest BCUT2D eigenvalue weighted by Crippen LogP contribution is 2.48. The average Bonchev–Trinajstić information content (AvgIpc) is 3.51. The van der Waals surface area contributed by atoms with Crippen molar-refractivity contribution in [3.8, 4) is 17.2 Å². The Bertz CT molecular complexity index is 2600. The lowest BCUT2D eigenvalue weighted by molar-refractivity contribution is -0.169. The SMILES string of the molecule is CO[C@H]1/C=C/O[C@@]2(C)Oc3c(C)c(=O)c4c(O)c(c5oc6cc(OCCCCN(C)C)ccc6nc5c4c3C2=O)NC(=O)/C(C)=C\C=C\[C@H](C)C[C@@H](C)[C@@H](O)[C@@H](O)[C@H](OC(C)=O)[C@@H]1C. The maximum Gasteiger partial charge on any atom is 0.312 e. The minimum absolute atomic E-state index is 0.0116. The second kappa shape index (κ2) is 19.5. The highest BCUT2D eigenvalue weighted by Gasteiger charge is 2.49. The summed E-state index contributed by atoms with van der Waals surface area (Å²) in [5.74, 6) is -5.73. The molecule has 0 saturated heterocycles. The van der Waals surface area contributed by atoms with Gasteiger partial charge >= 0.3 is 11.8 Å². The van der Waals surface area contributed by atoms with E-state index in [2.05, 4.69) is 10.2 Å². The molecule has 2 aliphatic rings. The molecule has 3 heterocycles. The molecule has 0 aliphatic carbocycles. The molecule has 0 unspecified atom stereocenters. The van der Waals surface area contributed by atoms with Gasteiger partial charge in [-0.2, -0.15) is 0 Å². The predicted octanol–water partition coefficient (Wildman–Crippen LogP) is 6.47. The van der Waals surface area contributed by atoms with Gasteiger partial charge in [-0.15, -0.1) is 0 Å². The lowest BCUT2D eigenvalue weighted by atomic mass is 9.84. The number of benzene rings is 3. The predicted molar refractivity (Wildman–Crippen MR) is 241 cm³/mol. The van der Waals surface area contributed by atoms with E-state index in [0.717, 1.165) is 19.4 Å². The zero-order valence-electron chi connectivity index (χ0n) is 38.0. The van der Waals surface area contributed by atoms with Crippen molar-refractivity contribution in [2.24, 2.45) is 17.8 Å². The number of aromatic nitrogens is 1. The van der Waals surface area contributed by atoms with Crippen LogP contribution in [0.5, 0.6) is 17.2 Å². The Hall–Kier alpha value is -5.81. The third-order valence-electron chi connectivity index (χ3n) is 11.9. The van der Waals surface area contributed by atoms with E-state index < -0.39 is 70.9 Å². The highest BCUT2D eigenvalue weighted by molar-refractivity contribution is 6.26. The van der Waals surface area contributed by atoms with Crippen LogP contribution in [-0.2, 0) is 23.8 Å². The smallest absolute Gasteiger partial charge is 0.312 e. The highest BCUT2D eigenvalue weighted by atomic mass is 16.7.